The van der Waals surface area contributed by atoms with Gasteiger partial charge in [0.2, 0.25) is 0 Å². The standard InChI is InChI=1S/C24H40N4O.HI/c1-25-24(27(2)15-10-21-11-16-29-17-12-21)26-19-22-8-7-9-23(18-22)20-28-13-5-3-4-6-14-28;/h7-9,18,21H,3-6,10-17,19-20H2,1-2H3,(H,25,26);1H. The highest BCUT2D eigenvalue weighted by Crippen LogP contribution is 2.18. The third kappa shape index (κ3) is 8.71. The Morgan fingerprint density at radius 3 is 2.53 bits per heavy atom. The minimum Gasteiger partial charge on any atom is -0.381 e. The normalized spacial score (nSPS) is 19.1. The van der Waals surface area contributed by atoms with Gasteiger partial charge >= 0.3 is 0 Å². The average molecular weight is 529 g/mol. The van der Waals surface area contributed by atoms with E-state index in [-0.39, 0.29) is 24.0 Å². The van der Waals surface area contributed by atoms with Crippen molar-refractivity contribution in [3.63, 3.8) is 0 Å². The van der Waals surface area contributed by atoms with Crippen molar-refractivity contribution in [2.45, 2.75) is 58.0 Å². The molecule has 0 saturated carbocycles. The monoisotopic (exact) mass is 528 g/mol. The number of guanidine groups is 1. The Balaban J connectivity index is 0.00000320. The fourth-order valence-electron chi connectivity index (χ4n) is 4.47. The van der Waals surface area contributed by atoms with Gasteiger partial charge < -0.3 is 15.0 Å². The summed E-state index contributed by atoms with van der Waals surface area (Å²) in [5.41, 5.74) is 2.75. The molecule has 170 valence electrons. The Kier molecular flexibility index (Phi) is 12.1. The second-order valence-electron chi connectivity index (χ2n) is 8.68. The molecule has 2 heterocycles. The predicted molar refractivity (Wildman–Crippen MR) is 137 cm³/mol. The van der Waals surface area contributed by atoms with Crippen LogP contribution >= 0.6 is 24.0 Å². The van der Waals surface area contributed by atoms with Crippen molar-refractivity contribution in [2.24, 2.45) is 10.9 Å². The van der Waals surface area contributed by atoms with Crippen LogP contribution in [0.2, 0.25) is 0 Å². The van der Waals surface area contributed by atoms with Gasteiger partial charge in [0, 0.05) is 46.9 Å². The summed E-state index contributed by atoms with van der Waals surface area (Å²) >= 11 is 0. The van der Waals surface area contributed by atoms with E-state index < -0.39 is 0 Å². The van der Waals surface area contributed by atoms with Gasteiger partial charge in [0.05, 0.1) is 0 Å². The number of aliphatic imine (C=N–C) groups is 1. The second kappa shape index (κ2) is 14.2. The molecule has 0 atom stereocenters. The molecule has 0 spiro atoms. The third-order valence-corrected chi connectivity index (χ3v) is 6.33. The molecule has 0 unspecified atom stereocenters. The van der Waals surface area contributed by atoms with Gasteiger partial charge in [-0.2, -0.15) is 0 Å². The zero-order chi connectivity index (χ0) is 20.3. The van der Waals surface area contributed by atoms with Crippen molar-refractivity contribution in [2.75, 3.05) is 46.9 Å². The van der Waals surface area contributed by atoms with Gasteiger partial charge in [0.1, 0.15) is 0 Å². The minimum absolute atomic E-state index is 0. The number of hydrogen-bond donors (Lipinski definition) is 1. The Labute approximate surface area is 200 Å². The molecule has 2 fully saturated rings. The van der Waals surface area contributed by atoms with Crippen LogP contribution in [0, 0.1) is 5.92 Å². The van der Waals surface area contributed by atoms with E-state index in [1.54, 1.807) is 0 Å². The molecule has 0 amide bonds. The number of likely N-dealkylation sites (tertiary alicyclic amines) is 1. The van der Waals surface area contributed by atoms with Crippen LogP contribution in [0.1, 0.15) is 56.1 Å². The molecule has 5 nitrogen and oxygen atoms in total. The molecule has 0 aliphatic carbocycles. The summed E-state index contributed by atoms with van der Waals surface area (Å²) in [5, 5.41) is 3.55. The quantitative estimate of drug-likeness (QED) is 0.322. The number of nitrogens with zero attached hydrogens (tertiary/aromatic N) is 3. The molecule has 0 bridgehead atoms. The summed E-state index contributed by atoms with van der Waals surface area (Å²) in [7, 11) is 4.02. The number of benzene rings is 1. The van der Waals surface area contributed by atoms with E-state index in [9.17, 15) is 0 Å². The lowest BCUT2D eigenvalue weighted by Crippen LogP contribution is -2.39. The minimum atomic E-state index is 0. The van der Waals surface area contributed by atoms with E-state index in [4.69, 9.17) is 4.74 Å². The van der Waals surface area contributed by atoms with Gasteiger partial charge in [-0.3, -0.25) is 9.89 Å². The largest absolute Gasteiger partial charge is 0.381 e. The maximum Gasteiger partial charge on any atom is 0.193 e. The van der Waals surface area contributed by atoms with Crippen LogP contribution < -0.4 is 5.32 Å². The lowest BCUT2D eigenvalue weighted by atomic mass is 9.96. The predicted octanol–water partition coefficient (Wildman–Crippen LogP) is 4.50. The molecule has 2 aliphatic rings. The maximum absolute atomic E-state index is 5.47. The van der Waals surface area contributed by atoms with Crippen molar-refractivity contribution < 1.29 is 4.74 Å². The fraction of sp³-hybridized carbons (Fsp3) is 0.708. The zero-order valence-electron chi connectivity index (χ0n) is 18.9. The highest BCUT2D eigenvalue weighted by molar-refractivity contribution is 14.0. The smallest absolute Gasteiger partial charge is 0.193 e. The number of rotatable bonds is 7. The molecule has 6 heteroatoms. The molecule has 30 heavy (non-hydrogen) atoms. The van der Waals surface area contributed by atoms with Gasteiger partial charge in [0.25, 0.3) is 0 Å². The Morgan fingerprint density at radius 2 is 1.83 bits per heavy atom. The van der Waals surface area contributed by atoms with Crippen LogP contribution in [-0.4, -0.2) is 62.7 Å². The summed E-state index contributed by atoms with van der Waals surface area (Å²) in [5.74, 6) is 1.77. The first kappa shape index (κ1) is 25.4. The Bertz CT molecular complexity index is 625. The van der Waals surface area contributed by atoms with Gasteiger partial charge in [-0.1, -0.05) is 37.1 Å². The fourth-order valence-corrected chi connectivity index (χ4v) is 4.47. The van der Waals surface area contributed by atoms with Crippen LogP contribution in [-0.2, 0) is 17.8 Å². The first-order chi connectivity index (χ1) is 14.2. The van der Waals surface area contributed by atoms with Crippen LogP contribution in [0.15, 0.2) is 29.3 Å². The highest BCUT2D eigenvalue weighted by atomic mass is 127. The number of nitrogens with one attached hydrogen (secondary N) is 1. The van der Waals surface area contributed by atoms with Crippen molar-refractivity contribution in [1.29, 1.82) is 0 Å². The molecule has 2 aliphatic heterocycles. The molecule has 0 aromatic heterocycles. The van der Waals surface area contributed by atoms with Gasteiger partial charge in [-0.05, 0) is 62.2 Å². The number of halogens is 1. The van der Waals surface area contributed by atoms with Gasteiger partial charge in [-0.25, -0.2) is 0 Å². The third-order valence-electron chi connectivity index (χ3n) is 6.33. The van der Waals surface area contributed by atoms with E-state index in [0.717, 1.165) is 44.7 Å². The van der Waals surface area contributed by atoms with Gasteiger partial charge in [-0.15, -0.1) is 24.0 Å². The van der Waals surface area contributed by atoms with E-state index in [0.29, 0.717) is 0 Å². The Morgan fingerprint density at radius 1 is 1.13 bits per heavy atom. The maximum atomic E-state index is 5.47. The van der Waals surface area contributed by atoms with Crippen molar-refractivity contribution in [1.82, 2.24) is 15.1 Å². The molecule has 1 aromatic carbocycles. The summed E-state index contributed by atoms with van der Waals surface area (Å²) in [6.45, 7) is 7.28. The van der Waals surface area contributed by atoms with Crippen LogP contribution in [0.5, 0.6) is 0 Å². The molecule has 1 N–H and O–H groups in total. The van der Waals surface area contributed by atoms with E-state index in [2.05, 4.69) is 51.4 Å². The highest BCUT2D eigenvalue weighted by Gasteiger charge is 2.15. The topological polar surface area (TPSA) is 40.1 Å². The molecule has 0 radical (unpaired) electrons. The number of ether oxygens (including phenoxy) is 1. The van der Waals surface area contributed by atoms with Crippen molar-refractivity contribution in [3.8, 4) is 0 Å². The second-order valence-corrected chi connectivity index (χ2v) is 8.68. The van der Waals surface area contributed by atoms with Gasteiger partial charge in [0.15, 0.2) is 5.96 Å². The number of hydrogen-bond acceptors (Lipinski definition) is 3. The average Bonchev–Trinajstić information content (AvgIpc) is 3.02. The molecular weight excluding hydrogens is 487 g/mol. The lowest BCUT2D eigenvalue weighted by molar-refractivity contribution is 0.0625. The van der Waals surface area contributed by atoms with Crippen LogP contribution in [0.4, 0.5) is 0 Å². The van der Waals surface area contributed by atoms with Crippen LogP contribution in [0.25, 0.3) is 0 Å². The summed E-state index contributed by atoms with van der Waals surface area (Å²) in [4.78, 5) is 9.37. The lowest BCUT2D eigenvalue weighted by Gasteiger charge is -2.27. The molecular formula is C24H41IN4O. The molecule has 3 rings (SSSR count). The van der Waals surface area contributed by atoms with Crippen molar-refractivity contribution in [3.05, 3.63) is 35.4 Å². The first-order valence-corrected chi connectivity index (χ1v) is 11.5. The molecule has 1 aromatic rings. The van der Waals surface area contributed by atoms with E-state index in [1.807, 2.05) is 7.05 Å². The summed E-state index contributed by atoms with van der Waals surface area (Å²) in [6.07, 6.45) is 9.08. The summed E-state index contributed by atoms with van der Waals surface area (Å²) < 4.78 is 5.47. The first-order valence-electron chi connectivity index (χ1n) is 11.5. The summed E-state index contributed by atoms with van der Waals surface area (Å²) in [6, 6.07) is 9.03. The van der Waals surface area contributed by atoms with Crippen molar-refractivity contribution >= 4 is 29.9 Å². The van der Waals surface area contributed by atoms with Crippen LogP contribution in [0.3, 0.4) is 0 Å². The van der Waals surface area contributed by atoms with E-state index >= 15 is 0 Å². The molecule has 2 saturated heterocycles. The SMILES string of the molecule is CN=C(NCc1cccc(CN2CCCCCC2)c1)N(C)CCC1CCOCC1.I. The zero-order valence-corrected chi connectivity index (χ0v) is 21.3. The van der Waals surface area contributed by atoms with E-state index in [1.165, 1.54) is 69.2 Å². The Hall–Kier alpha value is -0.860.